The van der Waals surface area contributed by atoms with Gasteiger partial charge in [0.25, 0.3) is 5.91 Å². The lowest BCUT2D eigenvalue weighted by Gasteiger charge is -2.35. The second kappa shape index (κ2) is 7.68. The zero-order valence-electron chi connectivity index (χ0n) is 13.6. The van der Waals surface area contributed by atoms with Crippen molar-refractivity contribution in [1.29, 1.82) is 0 Å². The molecular formula is C18H23Cl2N3O. The Morgan fingerprint density at radius 1 is 1.17 bits per heavy atom. The second-order valence-electron chi connectivity index (χ2n) is 6.59. The maximum Gasteiger partial charge on any atom is 0.253 e. The van der Waals surface area contributed by atoms with Gasteiger partial charge in [0.15, 0.2) is 0 Å². The Kier molecular flexibility index (Phi) is 6.07. The first-order chi connectivity index (χ1) is 10.7. The number of halogens is 2. The lowest BCUT2D eigenvalue weighted by Crippen LogP contribution is -2.48. The van der Waals surface area contributed by atoms with E-state index < -0.39 is 0 Å². The molecule has 2 atom stereocenters. The largest absolute Gasteiger partial charge is 0.339 e. The second-order valence-corrected chi connectivity index (χ2v) is 6.59. The van der Waals surface area contributed by atoms with Gasteiger partial charge in [-0.05, 0) is 49.9 Å². The fourth-order valence-electron chi connectivity index (χ4n) is 3.92. The number of nitrogens with zero attached hydrogens (tertiary/aromatic N) is 2. The molecule has 2 fully saturated rings. The molecule has 4 rings (SSSR count). The molecule has 2 bridgehead atoms. The minimum atomic E-state index is 0. The number of carbonyl (C=O) groups is 1. The summed E-state index contributed by atoms with van der Waals surface area (Å²) in [5.74, 6) is 0.122. The molecule has 2 aliphatic rings. The number of rotatable bonds is 2. The highest BCUT2D eigenvalue weighted by molar-refractivity contribution is 5.98. The molecule has 24 heavy (non-hydrogen) atoms. The first-order valence-electron chi connectivity index (χ1n) is 8.09. The number of aromatic nitrogens is 1. The molecule has 2 aliphatic heterocycles. The molecule has 130 valence electrons. The summed E-state index contributed by atoms with van der Waals surface area (Å²) in [6, 6.07) is 11.2. The molecule has 0 aliphatic carbocycles. The molecule has 6 heteroatoms. The van der Waals surface area contributed by atoms with E-state index in [-0.39, 0.29) is 30.7 Å². The molecule has 3 heterocycles. The Labute approximate surface area is 154 Å². The third kappa shape index (κ3) is 3.51. The molecule has 2 saturated heterocycles. The van der Waals surface area contributed by atoms with Crippen LogP contribution < -0.4 is 5.32 Å². The van der Waals surface area contributed by atoms with E-state index in [0.717, 1.165) is 29.3 Å². The van der Waals surface area contributed by atoms with E-state index in [0.29, 0.717) is 18.1 Å². The van der Waals surface area contributed by atoms with E-state index in [1.807, 2.05) is 42.3 Å². The summed E-state index contributed by atoms with van der Waals surface area (Å²) in [6.07, 6.45) is 6.44. The number of amides is 1. The Morgan fingerprint density at radius 2 is 1.88 bits per heavy atom. The van der Waals surface area contributed by atoms with Crippen molar-refractivity contribution < 1.29 is 4.79 Å². The van der Waals surface area contributed by atoms with E-state index in [4.69, 9.17) is 0 Å². The van der Waals surface area contributed by atoms with Crippen molar-refractivity contribution in [3.05, 3.63) is 42.1 Å². The summed E-state index contributed by atoms with van der Waals surface area (Å²) in [7, 11) is 1.95. The van der Waals surface area contributed by atoms with Crippen LogP contribution in [0.15, 0.2) is 36.5 Å². The van der Waals surface area contributed by atoms with E-state index in [2.05, 4.69) is 10.3 Å². The van der Waals surface area contributed by atoms with Gasteiger partial charge in [0, 0.05) is 42.3 Å². The van der Waals surface area contributed by atoms with Gasteiger partial charge in [-0.2, -0.15) is 0 Å². The van der Waals surface area contributed by atoms with Crippen LogP contribution in [0.5, 0.6) is 0 Å². The minimum absolute atomic E-state index is 0. The fourth-order valence-corrected chi connectivity index (χ4v) is 3.92. The Bertz CT molecular complexity index is 712. The minimum Gasteiger partial charge on any atom is -0.339 e. The summed E-state index contributed by atoms with van der Waals surface area (Å²) >= 11 is 0. The standard InChI is InChI=1S/C18H21N3O.2ClH/c1-21(16-10-14-5-6-15(11-16)20-14)18(22)13-4-7-17-12(9-13)3-2-8-19-17;;/h2-4,7-9,14-16,20H,5-6,10-11H2,1H3;2*1H. The van der Waals surface area contributed by atoms with Crippen molar-refractivity contribution >= 4 is 41.6 Å². The zero-order chi connectivity index (χ0) is 15.1. The zero-order valence-corrected chi connectivity index (χ0v) is 15.3. The number of piperidine rings is 1. The van der Waals surface area contributed by atoms with Gasteiger partial charge in [-0.1, -0.05) is 6.07 Å². The SMILES string of the molecule is CN(C(=O)c1ccc2ncccc2c1)C1CC2CCC(C1)N2.Cl.Cl. The number of nitrogens with one attached hydrogen (secondary N) is 1. The highest BCUT2D eigenvalue weighted by Gasteiger charge is 2.36. The van der Waals surface area contributed by atoms with Crippen LogP contribution in [0.2, 0.25) is 0 Å². The number of hydrogen-bond acceptors (Lipinski definition) is 3. The third-order valence-electron chi connectivity index (χ3n) is 5.17. The molecule has 2 aromatic rings. The lowest BCUT2D eigenvalue weighted by atomic mass is 9.97. The highest BCUT2D eigenvalue weighted by Crippen LogP contribution is 2.30. The average molecular weight is 368 g/mol. The van der Waals surface area contributed by atoms with E-state index in [1.165, 1.54) is 12.8 Å². The van der Waals surface area contributed by atoms with E-state index in [9.17, 15) is 4.79 Å². The number of carbonyl (C=O) groups excluding carboxylic acids is 1. The van der Waals surface area contributed by atoms with Gasteiger partial charge in [-0.3, -0.25) is 9.78 Å². The third-order valence-corrected chi connectivity index (χ3v) is 5.17. The molecule has 1 N–H and O–H groups in total. The van der Waals surface area contributed by atoms with Crippen LogP contribution in [0.3, 0.4) is 0 Å². The van der Waals surface area contributed by atoms with Gasteiger partial charge in [0.05, 0.1) is 5.52 Å². The molecule has 0 radical (unpaired) electrons. The number of fused-ring (bicyclic) bond motifs is 3. The van der Waals surface area contributed by atoms with Crippen LogP contribution in [0.4, 0.5) is 0 Å². The van der Waals surface area contributed by atoms with Crippen LogP contribution in [0.1, 0.15) is 36.0 Å². The average Bonchev–Trinajstić information content (AvgIpc) is 2.91. The van der Waals surface area contributed by atoms with Gasteiger partial charge in [0.1, 0.15) is 0 Å². The first-order valence-corrected chi connectivity index (χ1v) is 8.09. The Balaban J connectivity index is 0.00000104. The topological polar surface area (TPSA) is 45.2 Å². The Hall–Kier alpha value is -1.36. The predicted octanol–water partition coefficient (Wildman–Crippen LogP) is 3.43. The summed E-state index contributed by atoms with van der Waals surface area (Å²) < 4.78 is 0. The normalized spacial score (nSPS) is 24.8. The number of pyridine rings is 1. The number of benzene rings is 1. The van der Waals surface area contributed by atoms with Gasteiger partial charge < -0.3 is 10.2 Å². The maximum absolute atomic E-state index is 12.8. The monoisotopic (exact) mass is 367 g/mol. The van der Waals surface area contributed by atoms with Gasteiger partial charge in [-0.15, -0.1) is 24.8 Å². The van der Waals surface area contributed by atoms with Crippen molar-refractivity contribution in [2.45, 2.75) is 43.8 Å². The van der Waals surface area contributed by atoms with Crippen LogP contribution in [-0.2, 0) is 0 Å². The van der Waals surface area contributed by atoms with Crippen LogP contribution in [-0.4, -0.2) is 41.0 Å². The van der Waals surface area contributed by atoms with Crippen molar-refractivity contribution in [1.82, 2.24) is 15.2 Å². The molecule has 0 saturated carbocycles. The molecule has 1 aromatic carbocycles. The molecule has 1 aromatic heterocycles. The van der Waals surface area contributed by atoms with Crippen molar-refractivity contribution in [3.8, 4) is 0 Å². The first kappa shape index (κ1) is 19.0. The van der Waals surface area contributed by atoms with Crippen LogP contribution in [0.25, 0.3) is 10.9 Å². The Morgan fingerprint density at radius 3 is 2.58 bits per heavy atom. The summed E-state index contributed by atoms with van der Waals surface area (Å²) in [5, 5.41) is 4.65. The van der Waals surface area contributed by atoms with Gasteiger partial charge in [0.2, 0.25) is 0 Å². The van der Waals surface area contributed by atoms with Crippen LogP contribution >= 0.6 is 24.8 Å². The molecular weight excluding hydrogens is 345 g/mol. The van der Waals surface area contributed by atoms with Crippen LogP contribution in [0, 0.1) is 0 Å². The van der Waals surface area contributed by atoms with Crippen molar-refractivity contribution in [2.24, 2.45) is 0 Å². The quantitative estimate of drug-likeness (QED) is 0.883. The summed E-state index contributed by atoms with van der Waals surface area (Å²) in [6.45, 7) is 0. The van der Waals surface area contributed by atoms with Gasteiger partial charge in [-0.25, -0.2) is 0 Å². The smallest absolute Gasteiger partial charge is 0.253 e. The lowest BCUT2D eigenvalue weighted by molar-refractivity contribution is 0.0682. The van der Waals surface area contributed by atoms with E-state index >= 15 is 0 Å². The van der Waals surface area contributed by atoms with Crippen molar-refractivity contribution in [3.63, 3.8) is 0 Å². The van der Waals surface area contributed by atoms with Gasteiger partial charge >= 0.3 is 0 Å². The molecule has 1 amide bonds. The molecule has 4 nitrogen and oxygen atoms in total. The molecule has 2 unspecified atom stereocenters. The van der Waals surface area contributed by atoms with Crippen molar-refractivity contribution in [2.75, 3.05) is 7.05 Å². The number of hydrogen-bond donors (Lipinski definition) is 1. The highest BCUT2D eigenvalue weighted by atomic mass is 35.5. The molecule has 0 spiro atoms. The summed E-state index contributed by atoms with van der Waals surface area (Å²) in [5.41, 5.74) is 1.69. The summed E-state index contributed by atoms with van der Waals surface area (Å²) in [4.78, 5) is 19.1. The maximum atomic E-state index is 12.8. The predicted molar refractivity (Wildman–Crippen MR) is 101 cm³/mol. The van der Waals surface area contributed by atoms with E-state index in [1.54, 1.807) is 6.20 Å². The fraction of sp³-hybridized carbons (Fsp3) is 0.444.